The summed E-state index contributed by atoms with van der Waals surface area (Å²) in [5.41, 5.74) is 3.25. The lowest BCUT2D eigenvalue weighted by Gasteiger charge is -2.34. The zero-order valence-electron chi connectivity index (χ0n) is 22.6. The minimum absolute atomic E-state index is 0.117. The van der Waals surface area contributed by atoms with Crippen LogP contribution in [0.15, 0.2) is 42.7 Å². The monoisotopic (exact) mass is 547 g/mol. The molecule has 3 aliphatic rings. The van der Waals surface area contributed by atoms with Crippen LogP contribution in [0, 0.1) is 24.7 Å². The lowest BCUT2D eigenvalue weighted by molar-refractivity contribution is 0.0936. The topological polar surface area (TPSA) is 63.1 Å². The highest BCUT2D eigenvalue weighted by molar-refractivity contribution is 5.93. The number of amides is 1. The molecule has 1 amide bonds. The smallest absolute Gasteiger partial charge is 0.270 e. The Balaban J connectivity index is 1.26. The molecule has 1 unspecified atom stereocenters. The van der Waals surface area contributed by atoms with E-state index in [0.29, 0.717) is 40.6 Å². The number of fused-ring (bicyclic) bond motifs is 3. The number of aryl methyl sites for hydroxylation is 1. The van der Waals surface area contributed by atoms with E-state index in [1.165, 1.54) is 25.0 Å². The molecule has 3 aromatic rings. The third kappa shape index (κ3) is 5.25. The number of nitrogens with zero attached hydrogens (tertiary/aromatic N) is 4. The largest absolute Gasteiger partial charge is 0.338 e. The summed E-state index contributed by atoms with van der Waals surface area (Å²) in [7, 11) is 2.21. The van der Waals surface area contributed by atoms with Crippen LogP contribution in [0.4, 0.5) is 13.2 Å². The minimum atomic E-state index is -2.60. The Morgan fingerprint density at radius 3 is 2.50 bits per heavy atom. The van der Waals surface area contributed by atoms with Gasteiger partial charge in [0.05, 0.1) is 24.6 Å². The molecule has 40 heavy (non-hydrogen) atoms. The van der Waals surface area contributed by atoms with Crippen LogP contribution in [0.2, 0.25) is 0 Å². The van der Waals surface area contributed by atoms with Crippen LogP contribution in [-0.4, -0.2) is 50.6 Å². The van der Waals surface area contributed by atoms with Crippen LogP contribution in [0.1, 0.15) is 82.4 Å². The molecular weight excluding hydrogens is 515 g/mol. The van der Waals surface area contributed by atoms with Gasteiger partial charge in [-0.3, -0.25) is 4.79 Å². The van der Waals surface area contributed by atoms with Crippen LogP contribution in [0.25, 0.3) is 0 Å². The first kappa shape index (κ1) is 26.6. The summed E-state index contributed by atoms with van der Waals surface area (Å²) >= 11 is 0. The quantitative estimate of drug-likeness (QED) is 0.448. The van der Waals surface area contributed by atoms with E-state index < -0.39 is 24.5 Å². The molecule has 2 fully saturated rings. The van der Waals surface area contributed by atoms with E-state index in [-0.39, 0.29) is 24.2 Å². The van der Waals surface area contributed by atoms with E-state index in [9.17, 15) is 18.0 Å². The number of nitrogens with one attached hydrogen (secondary N) is 1. The van der Waals surface area contributed by atoms with Gasteiger partial charge in [0.1, 0.15) is 11.9 Å². The Morgan fingerprint density at radius 1 is 1.10 bits per heavy atom. The third-order valence-electron chi connectivity index (χ3n) is 8.56. The summed E-state index contributed by atoms with van der Waals surface area (Å²) in [4.78, 5) is 25.0. The van der Waals surface area contributed by atoms with Crippen molar-refractivity contribution < 1.29 is 18.0 Å². The maximum atomic E-state index is 14.2. The molecule has 2 bridgehead atoms. The van der Waals surface area contributed by atoms with Gasteiger partial charge in [-0.15, -0.1) is 0 Å². The summed E-state index contributed by atoms with van der Waals surface area (Å²) < 4.78 is 42.3. The zero-order valence-corrected chi connectivity index (χ0v) is 22.6. The van der Waals surface area contributed by atoms with Crippen molar-refractivity contribution in [1.82, 2.24) is 24.8 Å². The van der Waals surface area contributed by atoms with E-state index in [0.717, 1.165) is 18.4 Å². The molecular formula is C31H32F3N5O. The van der Waals surface area contributed by atoms with E-state index in [4.69, 9.17) is 0 Å². The number of carbonyl (C=O) groups excluding carboxylic acids is 1. The summed E-state index contributed by atoms with van der Waals surface area (Å²) in [6, 6.07) is 9.77. The second kappa shape index (κ2) is 10.7. The molecule has 0 spiro atoms. The Hall–Kier alpha value is -3.64. The second-order valence-corrected chi connectivity index (χ2v) is 11.3. The van der Waals surface area contributed by atoms with Crippen LogP contribution < -0.4 is 5.32 Å². The number of halogens is 3. The van der Waals surface area contributed by atoms with Crippen molar-refractivity contribution >= 4 is 5.91 Å². The van der Waals surface area contributed by atoms with E-state index >= 15 is 0 Å². The first-order valence-corrected chi connectivity index (χ1v) is 13.8. The molecule has 208 valence electrons. The molecule has 5 atom stereocenters. The summed E-state index contributed by atoms with van der Waals surface area (Å²) in [5.74, 6) is 6.62. The zero-order chi connectivity index (χ0) is 28.0. The van der Waals surface area contributed by atoms with Crippen molar-refractivity contribution in [2.45, 2.75) is 76.3 Å². The average molecular weight is 548 g/mol. The van der Waals surface area contributed by atoms with Crippen molar-refractivity contribution in [2.75, 3.05) is 7.05 Å². The van der Waals surface area contributed by atoms with Gasteiger partial charge in [0.2, 0.25) is 0 Å². The van der Waals surface area contributed by atoms with Gasteiger partial charge < -0.3 is 14.8 Å². The number of hydrogen-bond donors (Lipinski definition) is 1. The van der Waals surface area contributed by atoms with Crippen LogP contribution >= 0.6 is 0 Å². The molecule has 1 aromatic carbocycles. The normalized spacial score (nSPS) is 24.4. The van der Waals surface area contributed by atoms with E-state index in [2.05, 4.69) is 39.1 Å². The lowest BCUT2D eigenvalue weighted by Crippen LogP contribution is -2.39. The third-order valence-corrected chi connectivity index (χ3v) is 8.56. The average Bonchev–Trinajstić information content (AvgIpc) is 3.54. The van der Waals surface area contributed by atoms with E-state index in [1.54, 1.807) is 29.1 Å². The number of hydrogen-bond acceptors (Lipinski definition) is 4. The molecule has 6 rings (SSSR count). The molecule has 1 N–H and O–H groups in total. The molecule has 6 nitrogen and oxygen atoms in total. The van der Waals surface area contributed by atoms with Crippen LogP contribution in [0.3, 0.4) is 0 Å². The van der Waals surface area contributed by atoms with Gasteiger partial charge in [-0.25, -0.2) is 23.1 Å². The number of alkyl halides is 3. The van der Waals surface area contributed by atoms with Gasteiger partial charge in [-0.2, -0.15) is 0 Å². The van der Waals surface area contributed by atoms with Gasteiger partial charge in [-0.1, -0.05) is 36.1 Å². The Morgan fingerprint density at radius 2 is 1.80 bits per heavy atom. The van der Waals surface area contributed by atoms with Crippen molar-refractivity contribution in [2.24, 2.45) is 5.92 Å². The maximum absolute atomic E-state index is 14.2. The first-order chi connectivity index (χ1) is 19.2. The number of aromatic nitrogens is 3. The van der Waals surface area contributed by atoms with E-state index in [1.807, 2.05) is 13.0 Å². The van der Waals surface area contributed by atoms with Crippen molar-refractivity contribution in [1.29, 1.82) is 0 Å². The number of benzene rings is 1. The minimum Gasteiger partial charge on any atom is -0.338 e. The van der Waals surface area contributed by atoms with Crippen LogP contribution in [-0.2, 0) is 13.0 Å². The molecule has 2 aromatic heterocycles. The summed E-state index contributed by atoms with van der Waals surface area (Å²) in [6.45, 7) is 2.02. The predicted octanol–water partition coefficient (Wildman–Crippen LogP) is 5.16. The molecule has 0 saturated carbocycles. The Bertz CT molecular complexity index is 1460. The highest BCUT2D eigenvalue weighted by Crippen LogP contribution is 2.37. The molecule has 0 aliphatic carbocycles. The van der Waals surface area contributed by atoms with Crippen molar-refractivity contribution in [3.05, 3.63) is 82.2 Å². The van der Waals surface area contributed by atoms with Gasteiger partial charge in [0.15, 0.2) is 0 Å². The Kier molecular flexibility index (Phi) is 7.13. The van der Waals surface area contributed by atoms with Crippen LogP contribution in [0.5, 0.6) is 0 Å². The fraction of sp³-hybridized carbons (Fsp3) is 0.452. The van der Waals surface area contributed by atoms with Crippen molar-refractivity contribution in [3.63, 3.8) is 0 Å². The number of imidazole rings is 1. The number of carbonyl (C=O) groups is 1. The van der Waals surface area contributed by atoms with Gasteiger partial charge in [0.25, 0.3) is 12.3 Å². The number of pyridine rings is 1. The van der Waals surface area contributed by atoms with Gasteiger partial charge in [0, 0.05) is 46.9 Å². The van der Waals surface area contributed by atoms with Gasteiger partial charge in [-0.05, 0) is 57.4 Å². The van der Waals surface area contributed by atoms with Crippen molar-refractivity contribution in [3.8, 4) is 11.8 Å². The fourth-order valence-electron chi connectivity index (χ4n) is 6.45. The first-order valence-electron chi connectivity index (χ1n) is 13.8. The lowest BCUT2D eigenvalue weighted by atomic mass is 9.91. The predicted molar refractivity (Wildman–Crippen MR) is 145 cm³/mol. The second-order valence-electron chi connectivity index (χ2n) is 11.3. The molecule has 2 saturated heterocycles. The Labute approximate surface area is 232 Å². The highest BCUT2D eigenvalue weighted by Gasteiger charge is 2.37. The summed E-state index contributed by atoms with van der Waals surface area (Å²) in [6.07, 6.45) is 2.70. The number of rotatable bonds is 5. The maximum Gasteiger partial charge on any atom is 0.270 e. The fourth-order valence-corrected chi connectivity index (χ4v) is 6.45. The number of piperidine rings is 1. The molecule has 0 radical (unpaired) electrons. The standard InChI is InChI=1S/C31H32F3N5O/c1-18-11-19(3-4-20-12-24-9-10-25(13-20)38(24)2)14-26(36-18)31(40)37-28(21-5-7-22(8-6-21)30(33)34)29-27-15-23(32)16-39(27)17-35-29/h5-8,11,14,17,20,23-25,28,30H,9-10,12-13,15-16H2,1-2H3,(H,37,40)/t20?,23-,24-,25+,28-/m1/s1. The highest BCUT2D eigenvalue weighted by atomic mass is 19.3. The van der Waals surface area contributed by atoms with Gasteiger partial charge >= 0.3 is 0 Å². The summed E-state index contributed by atoms with van der Waals surface area (Å²) in [5, 5.41) is 2.99. The molecule has 9 heteroatoms. The SMILES string of the molecule is Cc1cc(C#CC2C[C@H]3CC[C@@H](C2)N3C)cc(C(=O)N[C@H](c2ccc(C(F)F)cc2)c2ncn3c2C[C@@H](F)C3)n1. The molecule has 3 aliphatic heterocycles. The molecule has 5 heterocycles.